The Morgan fingerprint density at radius 2 is 1.20 bits per heavy atom. The van der Waals surface area contributed by atoms with Crippen LogP contribution in [-0.2, 0) is 23.7 Å². The van der Waals surface area contributed by atoms with E-state index < -0.39 is 10.9 Å². The van der Waals surface area contributed by atoms with Crippen LogP contribution in [0, 0.1) is 5.82 Å². The highest BCUT2D eigenvalue weighted by Gasteiger charge is 2.19. The van der Waals surface area contributed by atoms with Crippen LogP contribution in [0.2, 0.25) is 0 Å². The summed E-state index contributed by atoms with van der Waals surface area (Å²) < 4.78 is 34.6. The van der Waals surface area contributed by atoms with Gasteiger partial charge in [0.25, 0.3) is 0 Å². The number of nitrogens with two attached hydrogens (primary N) is 1. The van der Waals surface area contributed by atoms with Gasteiger partial charge in [-0.05, 0) is 23.3 Å². The number of hydrogen-bond donors (Lipinski definition) is 2. The highest BCUT2D eigenvalue weighted by Crippen LogP contribution is 2.22. The van der Waals surface area contributed by atoms with Crippen LogP contribution in [0.5, 0.6) is 0 Å². The normalized spacial score (nSPS) is 10.5. The number of aromatic nitrogens is 2. The van der Waals surface area contributed by atoms with Gasteiger partial charge in [-0.15, -0.1) is 0 Å². The first-order valence-corrected chi connectivity index (χ1v) is 10.6. The van der Waals surface area contributed by atoms with Gasteiger partial charge in [-0.25, -0.2) is 22.6 Å². The molecule has 0 aliphatic carbocycles. The van der Waals surface area contributed by atoms with Crippen molar-refractivity contribution in [1.29, 1.82) is 0 Å². The first-order valence-electron chi connectivity index (χ1n) is 9.33. The first kappa shape index (κ1) is 21.4. The fourth-order valence-electron chi connectivity index (χ4n) is 3.11. The fourth-order valence-corrected chi connectivity index (χ4v) is 3.11. The molecule has 0 spiro atoms. The van der Waals surface area contributed by atoms with E-state index in [0.717, 1.165) is 16.8 Å². The molecule has 0 saturated carbocycles. The molecule has 5 nitrogen and oxygen atoms in total. The number of thiol groups is 1. The molecule has 0 bridgehead atoms. The lowest BCUT2D eigenvalue weighted by molar-refractivity contribution is 0.599. The quantitative estimate of drug-likeness (QED) is 0.481. The molecule has 1 heterocycles. The maximum Gasteiger partial charge on any atom is 0.198 e. The molecule has 1 aromatic heterocycles. The average Bonchev–Trinajstić information content (AvgIpc) is 3.05. The summed E-state index contributed by atoms with van der Waals surface area (Å²) in [6.07, 6.45) is 0.984. The summed E-state index contributed by atoms with van der Waals surface area (Å²) in [6, 6.07) is 29.6. The molecule has 0 saturated heterocycles. The van der Waals surface area contributed by atoms with Gasteiger partial charge in [0.05, 0.1) is 11.4 Å². The van der Waals surface area contributed by atoms with Crippen LogP contribution in [0.4, 0.5) is 4.39 Å². The molecule has 0 unspecified atom stereocenters. The Morgan fingerprint density at radius 1 is 0.767 bits per heavy atom. The zero-order chi connectivity index (χ0) is 21.3. The minimum atomic E-state index is -2.62. The molecular formula is C23H22FN3O2S. The molecule has 154 valence electrons. The Kier molecular flexibility index (Phi) is 7.48. The summed E-state index contributed by atoms with van der Waals surface area (Å²) in [4.78, 5) is 0. The summed E-state index contributed by atoms with van der Waals surface area (Å²) >= 11 is 0. The lowest BCUT2D eigenvalue weighted by Crippen LogP contribution is -2.04. The Morgan fingerprint density at radius 3 is 1.70 bits per heavy atom. The molecule has 2 N–H and O–H groups in total. The highest BCUT2D eigenvalue weighted by molar-refractivity contribution is 7.69. The van der Waals surface area contributed by atoms with Crippen molar-refractivity contribution >= 4 is 10.9 Å². The Balaban J connectivity index is 0.000000589. The van der Waals surface area contributed by atoms with Crippen LogP contribution in [0.1, 0.15) is 22.5 Å². The number of benzene rings is 3. The Labute approximate surface area is 176 Å². The summed E-state index contributed by atoms with van der Waals surface area (Å²) in [5, 5.41) is 8.68. The largest absolute Gasteiger partial charge is 0.234 e. The molecule has 4 aromatic rings. The molecule has 0 radical (unpaired) electrons. The molecule has 0 atom stereocenters. The topological polar surface area (TPSA) is 78.0 Å². The van der Waals surface area contributed by atoms with Gasteiger partial charge in [0.2, 0.25) is 0 Å². The summed E-state index contributed by atoms with van der Waals surface area (Å²) in [7, 11) is -2.62. The minimum absolute atomic E-state index is 0.221. The third-order valence-corrected chi connectivity index (χ3v) is 4.41. The SMILES string of the molecule is Fc1c(Cc2ccccc2)nn(-c2ccccc2)c1Cc1ccccc1.N[SH](=O)=O. The second kappa shape index (κ2) is 10.5. The van der Waals surface area contributed by atoms with Crippen LogP contribution in [0.15, 0.2) is 91.0 Å². The molecule has 7 heteroatoms. The van der Waals surface area contributed by atoms with Gasteiger partial charge >= 0.3 is 0 Å². The first-order chi connectivity index (χ1) is 14.5. The van der Waals surface area contributed by atoms with Crippen molar-refractivity contribution in [2.75, 3.05) is 0 Å². The van der Waals surface area contributed by atoms with Crippen LogP contribution in [-0.4, -0.2) is 18.2 Å². The summed E-state index contributed by atoms with van der Waals surface area (Å²) in [5.41, 5.74) is 4.06. The summed E-state index contributed by atoms with van der Waals surface area (Å²) in [5.74, 6) is -0.221. The van der Waals surface area contributed by atoms with Gasteiger partial charge in [0.1, 0.15) is 5.69 Å². The maximum atomic E-state index is 15.3. The van der Waals surface area contributed by atoms with E-state index in [2.05, 4.69) is 10.2 Å². The van der Waals surface area contributed by atoms with Gasteiger partial charge in [-0.3, -0.25) is 0 Å². The van der Waals surface area contributed by atoms with Crippen molar-refractivity contribution < 1.29 is 12.8 Å². The molecule has 0 amide bonds. The van der Waals surface area contributed by atoms with E-state index in [9.17, 15) is 0 Å². The predicted octanol–water partition coefficient (Wildman–Crippen LogP) is 3.66. The molecule has 0 aliphatic rings. The molecule has 0 fully saturated rings. The highest BCUT2D eigenvalue weighted by atomic mass is 32.2. The minimum Gasteiger partial charge on any atom is -0.234 e. The van der Waals surface area contributed by atoms with E-state index >= 15 is 4.39 Å². The van der Waals surface area contributed by atoms with E-state index in [1.165, 1.54) is 0 Å². The van der Waals surface area contributed by atoms with Crippen molar-refractivity contribution in [2.24, 2.45) is 5.14 Å². The van der Waals surface area contributed by atoms with E-state index in [1.807, 2.05) is 91.0 Å². The number of hydrogen-bond acceptors (Lipinski definition) is 3. The third-order valence-electron chi connectivity index (χ3n) is 4.41. The third kappa shape index (κ3) is 5.85. The molecule has 3 aromatic carbocycles. The lowest BCUT2D eigenvalue weighted by Gasteiger charge is -2.07. The van der Waals surface area contributed by atoms with Crippen LogP contribution in [0.25, 0.3) is 5.69 Å². The zero-order valence-electron chi connectivity index (χ0n) is 16.2. The smallest absolute Gasteiger partial charge is 0.198 e. The van der Waals surface area contributed by atoms with Gasteiger partial charge in [0, 0.05) is 12.8 Å². The van der Waals surface area contributed by atoms with Gasteiger partial charge < -0.3 is 0 Å². The van der Waals surface area contributed by atoms with E-state index in [1.54, 1.807) is 4.68 Å². The second-order valence-electron chi connectivity index (χ2n) is 6.56. The standard InChI is InChI=1S/C23H19FN2.H3NO2S/c24-23-21(16-18-10-4-1-5-11-18)25-26(20-14-8-3-9-15-20)22(23)17-19-12-6-2-7-13-19;1-4(2)3/h1-15H,16-17H2;4H,(H2,1,2,3). The van der Waals surface area contributed by atoms with Crippen LogP contribution in [0.3, 0.4) is 0 Å². The Bertz CT molecular complexity index is 1140. The molecule has 4 rings (SSSR count). The predicted molar refractivity (Wildman–Crippen MR) is 117 cm³/mol. The Hall–Kier alpha value is -3.29. The average molecular weight is 424 g/mol. The molecule has 0 aliphatic heterocycles. The zero-order valence-corrected chi connectivity index (χ0v) is 17.1. The van der Waals surface area contributed by atoms with Crippen molar-refractivity contribution in [3.05, 3.63) is 119 Å². The second-order valence-corrected chi connectivity index (χ2v) is 7.14. The maximum absolute atomic E-state index is 15.3. The van der Waals surface area contributed by atoms with Crippen molar-refractivity contribution in [3.8, 4) is 5.69 Å². The monoisotopic (exact) mass is 423 g/mol. The van der Waals surface area contributed by atoms with E-state index in [-0.39, 0.29) is 5.82 Å². The van der Waals surface area contributed by atoms with E-state index in [4.69, 9.17) is 8.42 Å². The summed E-state index contributed by atoms with van der Waals surface area (Å²) in [6.45, 7) is 0. The van der Waals surface area contributed by atoms with Crippen molar-refractivity contribution in [3.63, 3.8) is 0 Å². The van der Waals surface area contributed by atoms with Crippen molar-refractivity contribution in [2.45, 2.75) is 12.8 Å². The van der Waals surface area contributed by atoms with Crippen LogP contribution >= 0.6 is 0 Å². The van der Waals surface area contributed by atoms with Gasteiger partial charge in [-0.2, -0.15) is 5.10 Å². The van der Waals surface area contributed by atoms with Gasteiger partial charge in [0.15, 0.2) is 16.7 Å². The van der Waals surface area contributed by atoms with Gasteiger partial charge in [-0.1, -0.05) is 78.9 Å². The number of nitrogens with zero attached hydrogens (tertiary/aromatic N) is 2. The number of para-hydroxylation sites is 1. The van der Waals surface area contributed by atoms with Crippen molar-refractivity contribution in [1.82, 2.24) is 9.78 Å². The van der Waals surface area contributed by atoms with Crippen LogP contribution < -0.4 is 5.14 Å². The fraction of sp³-hybridized carbons (Fsp3) is 0.0870. The van der Waals surface area contributed by atoms with E-state index in [0.29, 0.717) is 24.2 Å². The number of halogens is 1. The molecule has 30 heavy (non-hydrogen) atoms. The lowest BCUT2D eigenvalue weighted by atomic mass is 10.1. The molecular weight excluding hydrogens is 401 g/mol. The number of rotatable bonds is 5.